The monoisotopic (exact) mass is 234 g/mol. The predicted molar refractivity (Wildman–Crippen MR) is 70.3 cm³/mol. The van der Waals surface area contributed by atoms with Gasteiger partial charge in [0.05, 0.1) is 6.20 Å². The van der Waals surface area contributed by atoms with Crippen LogP contribution in [0.1, 0.15) is 31.7 Å². The first-order chi connectivity index (χ1) is 8.29. The molecule has 17 heavy (non-hydrogen) atoms. The number of aromatic nitrogens is 2. The molecule has 0 aromatic carbocycles. The zero-order valence-electron chi connectivity index (χ0n) is 10.8. The van der Waals surface area contributed by atoms with Gasteiger partial charge in [0.1, 0.15) is 0 Å². The topological polar surface area (TPSA) is 41.0 Å². The Labute approximate surface area is 103 Å². The maximum Gasteiger partial charge on any atom is 0.151 e. The number of nitrogens with zero attached hydrogens (tertiary/aromatic N) is 3. The molecular formula is C13H22N4. The van der Waals surface area contributed by atoms with E-state index in [2.05, 4.69) is 40.3 Å². The summed E-state index contributed by atoms with van der Waals surface area (Å²) < 4.78 is 0. The lowest BCUT2D eigenvalue weighted by Gasteiger charge is -2.26. The van der Waals surface area contributed by atoms with Crippen molar-refractivity contribution in [2.75, 3.05) is 24.5 Å². The second kappa shape index (κ2) is 5.96. The summed E-state index contributed by atoms with van der Waals surface area (Å²) in [5, 5.41) is 11.8. The summed E-state index contributed by atoms with van der Waals surface area (Å²) in [6.45, 7) is 7.53. The highest BCUT2D eigenvalue weighted by Crippen LogP contribution is 2.15. The lowest BCUT2D eigenvalue weighted by molar-refractivity contribution is 0.573. The molecule has 1 unspecified atom stereocenters. The predicted octanol–water partition coefficient (Wildman–Crippen LogP) is 1.75. The molecule has 94 valence electrons. The van der Waals surface area contributed by atoms with Gasteiger partial charge in [0.15, 0.2) is 5.82 Å². The van der Waals surface area contributed by atoms with Crippen LogP contribution < -0.4 is 10.2 Å². The van der Waals surface area contributed by atoms with Crippen LogP contribution in [-0.2, 0) is 0 Å². The van der Waals surface area contributed by atoms with Crippen LogP contribution in [0.4, 0.5) is 5.82 Å². The van der Waals surface area contributed by atoms with E-state index in [0.717, 1.165) is 31.9 Å². The third-order valence-electron chi connectivity index (χ3n) is 3.20. The quantitative estimate of drug-likeness (QED) is 0.843. The summed E-state index contributed by atoms with van der Waals surface area (Å²) in [6, 6.07) is 2.74. The lowest BCUT2D eigenvalue weighted by atomic mass is 10.2. The molecule has 0 amide bonds. The molecule has 0 radical (unpaired) electrons. The molecule has 4 nitrogen and oxygen atoms in total. The van der Waals surface area contributed by atoms with Crippen LogP contribution in [0.15, 0.2) is 12.3 Å². The fourth-order valence-electron chi connectivity index (χ4n) is 2.35. The Morgan fingerprint density at radius 3 is 3.06 bits per heavy atom. The molecule has 2 heterocycles. The number of nitrogens with one attached hydrogen (secondary N) is 1. The van der Waals surface area contributed by atoms with Crippen molar-refractivity contribution in [2.45, 2.75) is 39.2 Å². The minimum absolute atomic E-state index is 0.615. The Hall–Kier alpha value is -1.16. The average molecular weight is 234 g/mol. The summed E-state index contributed by atoms with van der Waals surface area (Å²) in [4.78, 5) is 2.35. The first-order valence-electron chi connectivity index (χ1n) is 6.57. The molecule has 1 aliphatic rings. The first kappa shape index (κ1) is 12.3. The van der Waals surface area contributed by atoms with Crippen molar-refractivity contribution in [1.29, 1.82) is 0 Å². The number of hydrogen-bond acceptors (Lipinski definition) is 4. The van der Waals surface area contributed by atoms with Gasteiger partial charge in [0.25, 0.3) is 0 Å². The Bertz CT molecular complexity index is 347. The van der Waals surface area contributed by atoms with E-state index in [1.807, 2.05) is 0 Å². The average Bonchev–Trinajstić information content (AvgIpc) is 2.81. The van der Waals surface area contributed by atoms with Crippen molar-refractivity contribution in [3.63, 3.8) is 0 Å². The van der Waals surface area contributed by atoms with Crippen LogP contribution in [0, 0.1) is 6.92 Å². The van der Waals surface area contributed by atoms with Crippen LogP contribution >= 0.6 is 0 Å². The van der Waals surface area contributed by atoms with E-state index in [1.54, 1.807) is 6.20 Å². The van der Waals surface area contributed by atoms with E-state index < -0.39 is 0 Å². The molecule has 1 fully saturated rings. The summed E-state index contributed by atoms with van der Waals surface area (Å²) in [5.41, 5.74) is 1.18. The van der Waals surface area contributed by atoms with Gasteiger partial charge in [-0.3, -0.25) is 0 Å². The van der Waals surface area contributed by atoms with Crippen LogP contribution in [0.5, 0.6) is 0 Å². The van der Waals surface area contributed by atoms with Crippen LogP contribution in [-0.4, -0.2) is 35.9 Å². The van der Waals surface area contributed by atoms with Gasteiger partial charge in [-0.25, -0.2) is 0 Å². The number of rotatable bonds is 5. The van der Waals surface area contributed by atoms with E-state index >= 15 is 0 Å². The molecule has 0 spiro atoms. The molecule has 1 atom stereocenters. The van der Waals surface area contributed by atoms with Gasteiger partial charge in [0.2, 0.25) is 0 Å². The Morgan fingerprint density at radius 2 is 2.41 bits per heavy atom. The molecule has 1 aromatic heterocycles. The minimum atomic E-state index is 0.615. The fourth-order valence-corrected chi connectivity index (χ4v) is 2.35. The van der Waals surface area contributed by atoms with Crippen molar-refractivity contribution >= 4 is 5.82 Å². The summed E-state index contributed by atoms with van der Waals surface area (Å²) in [7, 11) is 0. The van der Waals surface area contributed by atoms with Gasteiger partial charge in [-0.15, -0.1) is 5.10 Å². The summed E-state index contributed by atoms with van der Waals surface area (Å²) in [5.74, 6) is 1.01. The van der Waals surface area contributed by atoms with Crippen LogP contribution in [0.25, 0.3) is 0 Å². The fraction of sp³-hybridized carbons (Fsp3) is 0.692. The highest BCUT2D eigenvalue weighted by molar-refractivity contribution is 5.39. The van der Waals surface area contributed by atoms with E-state index in [4.69, 9.17) is 0 Å². The highest BCUT2D eigenvalue weighted by Gasteiger charge is 2.18. The number of hydrogen-bond donors (Lipinski definition) is 1. The van der Waals surface area contributed by atoms with Gasteiger partial charge in [-0.1, -0.05) is 6.92 Å². The van der Waals surface area contributed by atoms with Crippen molar-refractivity contribution < 1.29 is 0 Å². The number of aryl methyl sites for hydroxylation is 1. The van der Waals surface area contributed by atoms with Crippen molar-refractivity contribution in [3.05, 3.63) is 17.8 Å². The van der Waals surface area contributed by atoms with Crippen molar-refractivity contribution in [3.8, 4) is 0 Å². The zero-order valence-corrected chi connectivity index (χ0v) is 10.8. The molecule has 1 saturated heterocycles. The molecule has 0 bridgehead atoms. The van der Waals surface area contributed by atoms with Crippen molar-refractivity contribution in [2.24, 2.45) is 0 Å². The maximum absolute atomic E-state index is 4.25. The molecular weight excluding hydrogens is 212 g/mol. The Morgan fingerprint density at radius 1 is 1.53 bits per heavy atom. The highest BCUT2D eigenvalue weighted by atomic mass is 15.3. The minimum Gasteiger partial charge on any atom is -0.354 e. The van der Waals surface area contributed by atoms with E-state index in [1.165, 1.54) is 18.4 Å². The van der Waals surface area contributed by atoms with Gasteiger partial charge in [-0.05, 0) is 44.4 Å². The maximum atomic E-state index is 4.25. The Kier molecular flexibility index (Phi) is 4.31. The molecule has 0 aliphatic carbocycles. The van der Waals surface area contributed by atoms with Crippen LogP contribution in [0.2, 0.25) is 0 Å². The normalized spacial score (nSPS) is 19.5. The second-order valence-electron chi connectivity index (χ2n) is 4.83. The Balaban J connectivity index is 2.04. The van der Waals surface area contributed by atoms with E-state index in [9.17, 15) is 0 Å². The molecule has 1 N–H and O–H groups in total. The first-order valence-corrected chi connectivity index (χ1v) is 6.57. The molecule has 4 heteroatoms. The zero-order chi connectivity index (χ0) is 12.1. The van der Waals surface area contributed by atoms with Gasteiger partial charge in [0, 0.05) is 19.1 Å². The van der Waals surface area contributed by atoms with E-state index in [0.29, 0.717) is 6.04 Å². The second-order valence-corrected chi connectivity index (χ2v) is 4.83. The van der Waals surface area contributed by atoms with E-state index in [-0.39, 0.29) is 0 Å². The van der Waals surface area contributed by atoms with Gasteiger partial charge in [-0.2, -0.15) is 5.10 Å². The standard InChI is InChI=1S/C13H22N4/c1-3-7-17(10-12-5-4-6-14-12)13-8-11(2)9-15-16-13/h8-9,12,14H,3-7,10H2,1-2H3. The largest absolute Gasteiger partial charge is 0.354 e. The smallest absolute Gasteiger partial charge is 0.151 e. The summed E-state index contributed by atoms with van der Waals surface area (Å²) in [6.07, 6.45) is 5.52. The molecule has 2 rings (SSSR count). The molecule has 0 saturated carbocycles. The van der Waals surface area contributed by atoms with Gasteiger partial charge >= 0.3 is 0 Å². The molecule has 1 aromatic rings. The summed E-state index contributed by atoms with van der Waals surface area (Å²) >= 11 is 0. The lowest BCUT2D eigenvalue weighted by Crippen LogP contribution is -2.38. The molecule has 1 aliphatic heterocycles. The van der Waals surface area contributed by atoms with Crippen LogP contribution in [0.3, 0.4) is 0 Å². The van der Waals surface area contributed by atoms with Crippen molar-refractivity contribution in [1.82, 2.24) is 15.5 Å². The third-order valence-corrected chi connectivity index (χ3v) is 3.20. The third kappa shape index (κ3) is 3.40. The number of anilines is 1. The SMILES string of the molecule is CCCN(CC1CCCN1)c1cc(C)cnn1. The van der Waals surface area contributed by atoms with Gasteiger partial charge < -0.3 is 10.2 Å².